The first-order chi connectivity index (χ1) is 12.5. The number of rotatable bonds is 3. The third kappa shape index (κ3) is 3.10. The van der Waals surface area contributed by atoms with Crippen LogP contribution in [0.15, 0.2) is 18.6 Å². The van der Waals surface area contributed by atoms with Crippen molar-refractivity contribution in [3.63, 3.8) is 0 Å². The largest absolute Gasteiger partial charge is 0.337 e. The molecule has 0 spiro atoms. The molecule has 4 rings (SSSR count). The number of carbonyl (C=O) groups is 2. The third-order valence-electron chi connectivity index (χ3n) is 4.58. The van der Waals surface area contributed by atoms with Crippen LogP contribution < -0.4 is 5.32 Å². The standard InChI is InChI=1S/C17H20N6O2S/c1-10-7-23-9-14(26-17(23)19-10)16(25)22-5-3-4-12(8-22)15-13(6-18-21-15)20-11(2)24/h6-7,9,12H,3-5,8H2,1-2H3,(H,18,21)(H,20,24). The number of thiazole rings is 1. The highest BCUT2D eigenvalue weighted by Crippen LogP contribution is 2.31. The molecule has 1 aliphatic heterocycles. The smallest absolute Gasteiger partial charge is 0.265 e. The van der Waals surface area contributed by atoms with E-state index >= 15 is 0 Å². The van der Waals surface area contributed by atoms with Crippen molar-refractivity contribution >= 4 is 33.8 Å². The van der Waals surface area contributed by atoms with Gasteiger partial charge < -0.3 is 10.2 Å². The number of aromatic amines is 1. The summed E-state index contributed by atoms with van der Waals surface area (Å²) in [6, 6.07) is 0. The van der Waals surface area contributed by atoms with E-state index in [-0.39, 0.29) is 17.7 Å². The number of anilines is 1. The third-order valence-corrected chi connectivity index (χ3v) is 5.57. The van der Waals surface area contributed by atoms with Gasteiger partial charge in [-0.3, -0.25) is 19.1 Å². The van der Waals surface area contributed by atoms with Gasteiger partial charge in [-0.25, -0.2) is 4.98 Å². The Kier molecular flexibility index (Phi) is 4.23. The molecule has 4 heterocycles. The number of nitrogens with zero attached hydrogens (tertiary/aromatic N) is 4. The Hall–Kier alpha value is -2.68. The number of imidazole rings is 1. The number of nitrogens with one attached hydrogen (secondary N) is 2. The number of H-pyrrole nitrogens is 1. The first kappa shape index (κ1) is 16.8. The number of fused-ring (bicyclic) bond motifs is 1. The fourth-order valence-electron chi connectivity index (χ4n) is 3.46. The van der Waals surface area contributed by atoms with Gasteiger partial charge in [0.05, 0.1) is 23.3 Å². The fourth-order valence-corrected chi connectivity index (χ4v) is 4.44. The highest BCUT2D eigenvalue weighted by molar-refractivity contribution is 7.18. The lowest BCUT2D eigenvalue weighted by Crippen LogP contribution is -2.39. The molecule has 0 saturated carbocycles. The van der Waals surface area contributed by atoms with Gasteiger partial charge in [-0.2, -0.15) is 5.10 Å². The van der Waals surface area contributed by atoms with Crippen molar-refractivity contribution in [2.75, 3.05) is 18.4 Å². The predicted octanol–water partition coefficient (Wildman–Crippen LogP) is 2.41. The van der Waals surface area contributed by atoms with Gasteiger partial charge in [0.15, 0.2) is 4.96 Å². The molecule has 0 bridgehead atoms. The van der Waals surface area contributed by atoms with Gasteiger partial charge in [0.25, 0.3) is 5.91 Å². The summed E-state index contributed by atoms with van der Waals surface area (Å²) in [6.45, 7) is 4.75. The average molecular weight is 372 g/mol. The van der Waals surface area contributed by atoms with Gasteiger partial charge in [-0.1, -0.05) is 11.3 Å². The van der Waals surface area contributed by atoms with Crippen LogP contribution in [-0.4, -0.2) is 49.4 Å². The number of hydrogen-bond donors (Lipinski definition) is 2. The Morgan fingerprint density at radius 1 is 1.38 bits per heavy atom. The monoisotopic (exact) mass is 372 g/mol. The molecule has 1 unspecified atom stereocenters. The molecule has 1 atom stereocenters. The van der Waals surface area contributed by atoms with Crippen molar-refractivity contribution in [2.24, 2.45) is 0 Å². The number of hydrogen-bond acceptors (Lipinski definition) is 5. The minimum absolute atomic E-state index is 0.0310. The van der Waals surface area contributed by atoms with Crippen molar-refractivity contribution in [3.8, 4) is 0 Å². The molecule has 1 fully saturated rings. The fraction of sp³-hybridized carbons (Fsp3) is 0.412. The summed E-state index contributed by atoms with van der Waals surface area (Å²) in [5.41, 5.74) is 2.52. The van der Waals surface area contributed by atoms with Crippen molar-refractivity contribution < 1.29 is 9.59 Å². The van der Waals surface area contributed by atoms with Crippen LogP contribution in [0.2, 0.25) is 0 Å². The summed E-state index contributed by atoms with van der Waals surface area (Å²) in [7, 11) is 0. The van der Waals surface area contributed by atoms with Crippen molar-refractivity contribution in [1.82, 2.24) is 24.5 Å². The minimum atomic E-state index is -0.131. The molecular weight excluding hydrogens is 352 g/mol. The number of piperidine rings is 1. The van der Waals surface area contributed by atoms with Gasteiger partial charge >= 0.3 is 0 Å². The van der Waals surface area contributed by atoms with Gasteiger partial charge in [0.1, 0.15) is 4.88 Å². The molecule has 1 aliphatic rings. The van der Waals surface area contributed by atoms with Gasteiger partial charge in [-0.15, -0.1) is 0 Å². The Labute approximate surface area is 154 Å². The van der Waals surface area contributed by atoms with Crippen LogP contribution in [0, 0.1) is 6.92 Å². The predicted molar refractivity (Wildman–Crippen MR) is 98.6 cm³/mol. The topological polar surface area (TPSA) is 95.4 Å². The van der Waals surface area contributed by atoms with E-state index in [9.17, 15) is 9.59 Å². The Morgan fingerprint density at radius 2 is 2.23 bits per heavy atom. The lowest BCUT2D eigenvalue weighted by molar-refractivity contribution is -0.114. The SMILES string of the molecule is CC(=O)Nc1cn[nH]c1C1CCCN(C(=O)c2cn3cc(C)nc3s2)C1. The minimum Gasteiger partial charge on any atom is -0.337 e. The molecule has 3 aromatic heterocycles. The zero-order valence-corrected chi connectivity index (χ0v) is 15.5. The Balaban J connectivity index is 1.52. The lowest BCUT2D eigenvalue weighted by Gasteiger charge is -2.32. The zero-order valence-electron chi connectivity index (χ0n) is 14.7. The number of amides is 2. The molecule has 9 heteroatoms. The maximum atomic E-state index is 12.9. The van der Waals surface area contributed by atoms with E-state index in [1.807, 2.05) is 28.6 Å². The molecule has 26 heavy (non-hydrogen) atoms. The summed E-state index contributed by atoms with van der Waals surface area (Å²) >= 11 is 1.41. The second kappa shape index (κ2) is 6.56. The molecule has 0 aliphatic carbocycles. The molecule has 136 valence electrons. The van der Waals surface area contributed by atoms with Crippen molar-refractivity contribution in [1.29, 1.82) is 0 Å². The number of aromatic nitrogens is 4. The molecule has 0 aromatic carbocycles. The van der Waals surface area contributed by atoms with E-state index in [1.165, 1.54) is 18.3 Å². The zero-order chi connectivity index (χ0) is 18.3. The van der Waals surface area contributed by atoms with Crippen LogP contribution >= 0.6 is 11.3 Å². The van der Waals surface area contributed by atoms with Crippen LogP contribution in [-0.2, 0) is 4.79 Å². The van der Waals surface area contributed by atoms with E-state index < -0.39 is 0 Å². The first-order valence-corrected chi connectivity index (χ1v) is 9.38. The van der Waals surface area contributed by atoms with E-state index in [0.717, 1.165) is 35.7 Å². The average Bonchev–Trinajstić information content (AvgIpc) is 3.28. The molecule has 8 nitrogen and oxygen atoms in total. The van der Waals surface area contributed by atoms with E-state index in [1.54, 1.807) is 6.20 Å². The summed E-state index contributed by atoms with van der Waals surface area (Å²) in [5, 5.41) is 9.85. The van der Waals surface area contributed by atoms with Crippen LogP contribution in [0.4, 0.5) is 5.69 Å². The first-order valence-electron chi connectivity index (χ1n) is 8.56. The van der Waals surface area contributed by atoms with Gasteiger partial charge in [0, 0.05) is 38.3 Å². The highest BCUT2D eigenvalue weighted by atomic mass is 32.1. The maximum absolute atomic E-state index is 12.9. The summed E-state index contributed by atoms with van der Waals surface area (Å²) in [6.07, 6.45) is 7.26. The van der Waals surface area contributed by atoms with E-state index in [2.05, 4.69) is 20.5 Å². The lowest BCUT2D eigenvalue weighted by atomic mass is 9.94. The van der Waals surface area contributed by atoms with Crippen molar-refractivity contribution in [3.05, 3.63) is 34.9 Å². The molecule has 0 radical (unpaired) electrons. The normalized spacial score (nSPS) is 17.6. The quantitative estimate of drug-likeness (QED) is 0.738. The van der Waals surface area contributed by atoms with Gasteiger partial charge in [-0.05, 0) is 19.8 Å². The number of aryl methyl sites for hydroxylation is 1. The number of carbonyl (C=O) groups excluding carboxylic acids is 2. The second-order valence-electron chi connectivity index (χ2n) is 6.64. The van der Waals surface area contributed by atoms with E-state index in [4.69, 9.17) is 0 Å². The van der Waals surface area contributed by atoms with Gasteiger partial charge in [0.2, 0.25) is 5.91 Å². The maximum Gasteiger partial charge on any atom is 0.265 e. The highest BCUT2D eigenvalue weighted by Gasteiger charge is 2.29. The summed E-state index contributed by atoms with van der Waals surface area (Å²) in [4.78, 5) is 32.1. The molecule has 3 aromatic rings. The van der Waals surface area contributed by atoms with Crippen molar-refractivity contribution in [2.45, 2.75) is 32.6 Å². The molecule has 1 saturated heterocycles. The second-order valence-corrected chi connectivity index (χ2v) is 7.65. The summed E-state index contributed by atoms with van der Waals surface area (Å²) < 4.78 is 1.90. The van der Waals surface area contributed by atoms with Crippen LogP contribution in [0.3, 0.4) is 0 Å². The van der Waals surface area contributed by atoms with E-state index in [0.29, 0.717) is 17.1 Å². The Bertz CT molecular complexity index is 940. The van der Waals surface area contributed by atoms with Crippen LogP contribution in [0.5, 0.6) is 0 Å². The summed E-state index contributed by atoms with van der Waals surface area (Å²) in [5.74, 6) is 0.0281. The van der Waals surface area contributed by atoms with Crippen LogP contribution in [0.25, 0.3) is 4.96 Å². The Morgan fingerprint density at radius 3 is 3.00 bits per heavy atom. The molecular formula is C17H20N6O2S. The molecule has 2 amide bonds. The molecule has 2 N–H and O–H groups in total. The van der Waals surface area contributed by atoms with Crippen LogP contribution in [0.1, 0.15) is 46.7 Å². The number of likely N-dealkylation sites (tertiary alicyclic amines) is 1.